The van der Waals surface area contributed by atoms with Gasteiger partial charge in [0.05, 0.1) is 6.54 Å². The fourth-order valence-electron chi connectivity index (χ4n) is 2.42. The van der Waals surface area contributed by atoms with E-state index in [1.54, 1.807) is 4.57 Å². The largest absolute Gasteiger partial charge is 0.328 e. The Morgan fingerprint density at radius 3 is 2.74 bits per heavy atom. The summed E-state index contributed by atoms with van der Waals surface area (Å²) >= 11 is 0. The van der Waals surface area contributed by atoms with Crippen LogP contribution in [0.1, 0.15) is 35.6 Å². The lowest BCUT2D eigenvalue weighted by Crippen LogP contribution is -2.24. The predicted molar refractivity (Wildman–Crippen MR) is 75.1 cm³/mol. The Bertz CT molecular complexity index is 650. The van der Waals surface area contributed by atoms with Gasteiger partial charge in [-0.15, -0.1) is 0 Å². The van der Waals surface area contributed by atoms with E-state index < -0.39 is 0 Å². The molecule has 1 aromatic heterocycles. The molecule has 0 aliphatic heterocycles. The van der Waals surface area contributed by atoms with Crippen LogP contribution in [0.5, 0.6) is 0 Å². The van der Waals surface area contributed by atoms with Crippen molar-refractivity contribution >= 4 is 0 Å². The molecule has 0 atom stereocenters. The van der Waals surface area contributed by atoms with Crippen molar-refractivity contribution in [1.82, 2.24) is 9.13 Å². The van der Waals surface area contributed by atoms with Crippen molar-refractivity contribution in [3.63, 3.8) is 0 Å². The molecular weight excluding hydrogens is 238 g/mol. The van der Waals surface area contributed by atoms with Crippen molar-refractivity contribution in [3.05, 3.63) is 57.8 Å². The number of aromatic nitrogens is 2. The van der Waals surface area contributed by atoms with Crippen molar-refractivity contribution in [2.45, 2.75) is 38.9 Å². The lowest BCUT2D eigenvalue weighted by Gasteiger charge is -2.08. The molecule has 2 N–H and O–H groups in total. The third-order valence-corrected chi connectivity index (χ3v) is 3.80. The summed E-state index contributed by atoms with van der Waals surface area (Å²) in [6.45, 7) is 3.26. The molecule has 1 saturated carbocycles. The molecule has 1 aliphatic carbocycles. The number of benzene rings is 1. The first-order chi connectivity index (χ1) is 9.19. The minimum absolute atomic E-state index is 0.102. The second-order valence-electron chi connectivity index (χ2n) is 5.31. The predicted octanol–water partition coefficient (Wildman–Crippen LogP) is 1.80. The number of nitrogens with two attached hydrogens (primary N) is 1. The van der Waals surface area contributed by atoms with Gasteiger partial charge in [0.15, 0.2) is 0 Å². The molecule has 1 heterocycles. The molecule has 4 nitrogen and oxygen atoms in total. The second kappa shape index (κ2) is 4.70. The summed E-state index contributed by atoms with van der Waals surface area (Å²) in [4.78, 5) is 12.2. The van der Waals surface area contributed by atoms with E-state index >= 15 is 0 Å². The van der Waals surface area contributed by atoms with E-state index in [2.05, 4.69) is 19.1 Å². The topological polar surface area (TPSA) is 52.9 Å². The van der Waals surface area contributed by atoms with Crippen LogP contribution in [0, 0.1) is 6.92 Å². The zero-order chi connectivity index (χ0) is 13.4. The van der Waals surface area contributed by atoms with Crippen LogP contribution in [-0.2, 0) is 13.1 Å². The smallest absolute Gasteiger partial charge is 0.326 e. The Balaban J connectivity index is 1.87. The molecule has 100 valence electrons. The molecule has 0 bridgehead atoms. The molecule has 3 rings (SSSR count). The Morgan fingerprint density at radius 1 is 1.32 bits per heavy atom. The molecule has 0 saturated heterocycles. The Morgan fingerprint density at radius 2 is 2.11 bits per heavy atom. The van der Waals surface area contributed by atoms with Gasteiger partial charge in [-0.3, -0.25) is 9.13 Å². The lowest BCUT2D eigenvalue weighted by atomic mass is 10.1. The number of rotatable bonds is 4. The van der Waals surface area contributed by atoms with Gasteiger partial charge in [0, 0.05) is 25.0 Å². The van der Waals surface area contributed by atoms with Gasteiger partial charge in [-0.2, -0.15) is 0 Å². The minimum Gasteiger partial charge on any atom is -0.326 e. The third kappa shape index (κ3) is 2.36. The molecule has 1 aromatic carbocycles. The van der Waals surface area contributed by atoms with Gasteiger partial charge < -0.3 is 5.73 Å². The Labute approximate surface area is 112 Å². The molecule has 0 amide bonds. The van der Waals surface area contributed by atoms with E-state index in [1.807, 2.05) is 23.0 Å². The normalized spacial score (nSPS) is 14.8. The summed E-state index contributed by atoms with van der Waals surface area (Å²) in [5, 5.41) is 0. The van der Waals surface area contributed by atoms with Crippen molar-refractivity contribution in [2.75, 3.05) is 0 Å². The zero-order valence-electron chi connectivity index (χ0n) is 11.2. The van der Waals surface area contributed by atoms with Crippen LogP contribution in [0.2, 0.25) is 0 Å². The molecule has 2 aromatic rings. The van der Waals surface area contributed by atoms with E-state index in [4.69, 9.17) is 5.73 Å². The van der Waals surface area contributed by atoms with Gasteiger partial charge >= 0.3 is 5.69 Å². The molecule has 19 heavy (non-hydrogen) atoms. The SMILES string of the molecule is Cc1cc(CN)ccc1Cn1ccn(C2CC2)c1=O. The average molecular weight is 257 g/mol. The molecule has 0 unspecified atom stereocenters. The summed E-state index contributed by atoms with van der Waals surface area (Å²) in [5.74, 6) is 0. The van der Waals surface area contributed by atoms with E-state index in [1.165, 1.54) is 11.1 Å². The van der Waals surface area contributed by atoms with Crippen LogP contribution in [0.25, 0.3) is 0 Å². The number of imidazole rings is 1. The lowest BCUT2D eigenvalue weighted by molar-refractivity contribution is 0.655. The number of hydrogen-bond donors (Lipinski definition) is 1. The van der Waals surface area contributed by atoms with Crippen molar-refractivity contribution < 1.29 is 0 Å². The minimum atomic E-state index is 0.102. The van der Waals surface area contributed by atoms with Crippen LogP contribution in [-0.4, -0.2) is 9.13 Å². The average Bonchev–Trinajstić information content (AvgIpc) is 3.18. The maximum atomic E-state index is 12.2. The number of hydrogen-bond acceptors (Lipinski definition) is 2. The van der Waals surface area contributed by atoms with Gasteiger partial charge in [-0.25, -0.2) is 4.79 Å². The van der Waals surface area contributed by atoms with Crippen molar-refractivity contribution in [1.29, 1.82) is 0 Å². The van der Waals surface area contributed by atoms with Gasteiger partial charge in [0.2, 0.25) is 0 Å². The number of nitrogens with zero attached hydrogens (tertiary/aromatic N) is 2. The molecular formula is C15H19N3O. The van der Waals surface area contributed by atoms with Gasteiger partial charge in [-0.1, -0.05) is 18.2 Å². The molecule has 1 fully saturated rings. The highest BCUT2D eigenvalue weighted by atomic mass is 16.1. The number of aryl methyl sites for hydroxylation is 1. The first-order valence-corrected chi connectivity index (χ1v) is 6.75. The fourth-order valence-corrected chi connectivity index (χ4v) is 2.42. The Kier molecular flexibility index (Phi) is 3.03. The van der Waals surface area contributed by atoms with E-state index in [9.17, 15) is 4.79 Å². The summed E-state index contributed by atoms with van der Waals surface area (Å²) in [6, 6.07) is 6.64. The maximum Gasteiger partial charge on any atom is 0.328 e. The van der Waals surface area contributed by atoms with Crippen molar-refractivity contribution in [3.8, 4) is 0 Å². The highest BCUT2D eigenvalue weighted by Crippen LogP contribution is 2.33. The Hall–Kier alpha value is -1.81. The van der Waals surface area contributed by atoms with Gasteiger partial charge in [0.25, 0.3) is 0 Å². The summed E-state index contributed by atoms with van der Waals surface area (Å²) < 4.78 is 3.63. The summed E-state index contributed by atoms with van der Waals surface area (Å²) in [7, 11) is 0. The van der Waals surface area contributed by atoms with Crippen molar-refractivity contribution in [2.24, 2.45) is 5.73 Å². The molecule has 0 spiro atoms. The van der Waals surface area contributed by atoms with Crippen LogP contribution in [0.15, 0.2) is 35.4 Å². The van der Waals surface area contributed by atoms with Crippen LogP contribution in [0.3, 0.4) is 0 Å². The zero-order valence-corrected chi connectivity index (χ0v) is 11.2. The van der Waals surface area contributed by atoms with E-state index in [-0.39, 0.29) is 5.69 Å². The summed E-state index contributed by atoms with van der Waals surface area (Å²) in [5.41, 5.74) is 9.22. The van der Waals surface area contributed by atoms with Crippen LogP contribution >= 0.6 is 0 Å². The van der Waals surface area contributed by atoms with Crippen LogP contribution < -0.4 is 11.4 Å². The van der Waals surface area contributed by atoms with E-state index in [0.29, 0.717) is 19.1 Å². The molecule has 0 radical (unpaired) electrons. The third-order valence-electron chi connectivity index (χ3n) is 3.80. The standard InChI is InChI=1S/C15H19N3O/c1-11-8-12(9-16)2-3-13(11)10-17-6-7-18(15(17)19)14-4-5-14/h2-3,6-8,14H,4-5,9-10,16H2,1H3. The quantitative estimate of drug-likeness (QED) is 0.908. The second-order valence-corrected chi connectivity index (χ2v) is 5.31. The van der Waals surface area contributed by atoms with Gasteiger partial charge in [-0.05, 0) is 36.5 Å². The molecule has 1 aliphatic rings. The highest BCUT2D eigenvalue weighted by Gasteiger charge is 2.25. The first kappa shape index (κ1) is 12.2. The highest BCUT2D eigenvalue weighted by molar-refractivity contribution is 5.31. The van der Waals surface area contributed by atoms with Crippen LogP contribution in [0.4, 0.5) is 0 Å². The summed E-state index contributed by atoms with van der Waals surface area (Å²) in [6.07, 6.45) is 6.06. The van der Waals surface area contributed by atoms with Gasteiger partial charge in [0.1, 0.15) is 0 Å². The molecule has 4 heteroatoms. The van der Waals surface area contributed by atoms with E-state index in [0.717, 1.165) is 18.4 Å². The maximum absolute atomic E-state index is 12.2. The fraction of sp³-hybridized carbons (Fsp3) is 0.400. The monoisotopic (exact) mass is 257 g/mol. The first-order valence-electron chi connectivity index (χ1n) is 6.75.